The van der Waals surface area contributed by atoms with E-state index in [-0.39, 0.29) is 35.2 Å². The van der Waals surface area contributed by atoms with E-state index in [9.17, 15) is 14.4 Å². The van der Waals surface area contributed by atoms with Gasteiger partial charge in [-0.1, -0.05) is 18.2 Å². The summed E-state index contributed by atoms with van der Waals surface area (Å²) in [7, 11) is 18.0. The van der Waals surface area contributed by atoms with Crippen LogP contribution in [0.15, 0.2) is 78.9 Å². The zero-order valence-electron chi connectivity index (χ0n) is 49.4. The number of carbonyl (C=O) groups excluding carboxylic acids is 3. The predicted octanol–water partition coefficient (Wildman–Crippen LogP) is 9.79. The smallest absolute Gasteiger partial charge is 0.303 e. The van der Waals surface area contributed by atoms with Crippen molar-refractivity contribution < 1.29 is 99.6 Å². The van der Waals surface area contributed by atoms with Gasteiger partial charge in [-0.2, -0.15) is 0 Å². The van der Waals surface area contributed by atoms with E-state index < -0.39 is 66.4 Å². The van der Waals surface area contributed by atoms with Gasteiger partial charge in [0.2, 0.25) is 11.5 Å². The molecule has 0 N–H and O–H groups in total. The van der Waals surface area contributed by atoms with Crippen molar-refractivity contribution in [3.8, 4) is 86.2 Å². The van der Waals surface area contributed by atoms with Crippen LogP contribution in [0.5, 0.6) is 86.2 Å². The molecule has 84 heavy (non-hydrogen) atoms. The number of methoxy groups -OCH3 is 12. The van der Waals surface area contributed by atoms with Gasteiger partial charge in [-0.05, 0) is 48.5 Å². The Hall–Kier alpha value is -9.27. The number of fused-ring (bicyclic) bond motifs is 3. The Morgan fingerprint density at radius 1 is 0.381 bits per heavy atom. The highest BCUT2D eigenvalue weighted by Gasteiger charge is 2.53. The van der Waals surface area contributed by atoms with Crippen molar-refractivity contribution in [3.05, 3.63) is 123 Å². The molecular formula is C63H68O21. The van der Waals surface area contributed by atoms with Crippen LogP contribution < -0.4 is 71.1 Å². The van der Waals surface area contributed by atoms with Gasteiger partial charge < -0.3 is 85.3 Å². The summed E-state index contributed by atoms with van der Waals surface area (Å²) >= 11 is 0. The third kappa shape index (κ3) is 10.8. The fourth-order valence-electron chi connectivity index (χ4n) is 11.7. The summed E-state index contributed by atoms with van der Waals surface area (Å²) in [5, 5.41) is 0. The zero-order chi connectivity index (χ0) is 60.3. The van der Waals surface area contributed by atoms with Crippen LogP contribution in [0.25, 0.3) is 0 Å². The van der Waals surface area contributed by atoms with E-state index in [0.29, 0.717) is 102 Å². The Labute approximate surface area is 486 Å². The quantitative estimate of drug-likeness (QED) is 0.0513. The van der Waals surface area contributed by atoms with Gasteiger partial charge in [0.15, 0.2) is 65.0 Å². The third-order valence-electron chi connectivity index (χ3n) is 15.1. The highest BCUT2D eigenvalue weighted by atomic mass is 16.6. The first-order valence-corrected chi connectivity index (χ1v) is 26.6. The Kier molecular flexibility index (Phi) is 17.7. The molecule has 21 heteroatoms. The molecule has 0 unspecified atom stereocenters. The fourth-order valence-corrected chi connectivity index (χ4v) is 11.7. The minimum absolute atomic E-state index is 0.0540. The standard InChI is InChI=1S/C63H68O21/c1-30(64)79-49-29-40-57(75-12)52(50-38-19-17-36(67-4)27-42(38)82-55(62(50)80-31(2)65)34-23-45(71-8)59(76-13)46(24-34)72-9)61(78-15)53(58(40)84-54(49)33-16-21-41(69-6)44(22-33)70-7)51-39-20-18-37(68-5)28-43(39)83-56(63(51)81-32(3)66)35-25-47(73-10)60(77-14)48(26-35)74-11/h16-28,49-51,54-56,62-63H,29H2,1-15H3/t49-,50+,51-,54+,55+,56+,62-,63-/m0/s1. The summed E-state index contributed by atoms with van der Waals surface area (Å²) in [5.74, 6) is 0.567. The minimum atomic E-state index is -1.29. The summed E-state index contributed by atoms with van der Waals surface area (Å²) in [5.41, 5.74) is 3.49. The summed E-state index contributed by atoms with van der Waals surface area (Å²) < 4.78 is 113. The number of ether oxygens (including phenoxy) is 18. The Balaban J connectivity index is 1.46. The molecule has 6 aromatic carbocycles. The Bertz CT molecular complexity index is 3400. The summed E-state index contributed by atoms with van der Waals surface area (Å²) in [6, 6.07) is 22.7. The highest BCUT2D eigenvalue weighted by Crippen LogP contribution is 2.63. The zero-order valence-corrected chi connectivity index (χ0v) is 49.4. The van der Waals surface area contributed by atoms with Crippen molar-refractivity contribution in [2.75, 3.05) is 85.3 Å². The van der Waals surface area contributed by atoms with Gasteiger partial charge in [-0.25, -0.2) is 0 Å². The lowest BCUT2D eigenvalue weighted by molar-refractivity contribution is -0.154. The molecule has 0 radical (unpaired) electrons. The van der Waals surface area contributed by atoms with Crippen molar-refractivity contribution in [1.29, 1.82) is 0 Å². The van der Waals surface area contributed by atoms with Crippen molar-refractivity contribution in [3.63, 3.8) is 0 Å². The second kappa shape index (κ2) is 25.1. The highest BCUT2D eigenvalue weighted by molar-refractivity contribution is 5.74. The van der Waals surface area contributed by atoms with Crippen LogP contribution in [-0.4, -0.2) is 122 Å². The van der Waals surface area contributed by atoms with Gasteiger partial charge in [0.25, 0.3) is 0 Å². The number of carbonyl (C=O) groups is 3. The molecule has 0 saturated heterocycles. The molecule has 0 bridgehead atoms. The monoisotopic (exact) mass is 1160 g/mol. The van der Waals surface area contributed by atoms with Gasteiger partial charge in [0, 0.05) is 83.8 Å². The van der Waals surface area contributed by atoms with E-state index in [1.165, 1.54) is 106 Å². The maximum atomic E-state index is 14.0. The predicted molar refractivity (Wildman–Crippen MR) is 301 cm³/mol. The number of hydrogen-bond donors (Lipinski definition) is 0. The van der Waals surface area contributed by atoms with Crippen LogP contribution in [0.4, 0.5) is 0 Å². The number of benzene rings is 6. The first-order chi connectivity index (χ1) is 40.6. The molecule has 3 aliphatic rings. The fraction of sp³-hybridized carbons (Fsp3) is 0.381. The number of esters is 3. The van der Waals surface area contributed by atoms with Gasteiger partial charge in [-0.15, -0.1) is 0 Å². The van der Waals surface area contributed by atoms with Crippen LogP contribution in [0.1, 0.15) is 95.4 Å². The van der Waals surface area contributed by atoms with Crippen molar-refractivity contribution >= 4 is 17.9 Å². The molecule has 0 amide bonds. The number of rotatable bonds is 20. The molecule has 6 aromatic rings. The lowest BCUT2D eigenvalue weighted by Crippen LogP contribution is -2.41. The average molecular weight is 1160 g/mol. The lowest BCUT2D eigenvalue weighted by Gasteiger charge is -2.44. The summed E-state index contributed by atoms with van der Waals surface area (Å²) in [4.78, 5) is 41.3. The molecule has 0 spiro atoms. The minimum Gasteiger partial charge on any atom is -0.497 e. The second-order valence-corrected chi connectivity index (χ2v) is 19.6. The van der Waals surface area contributed by atoms with Crippen molar-refractivity contribution in [1.82, 2.24) is 0 Å². The molecule has 21 nitrogen and oxygen atoms in total. The van der Waals surface area contributed by atoms with E-state index in [0.717, 1.165) is 0 Å². The first-order valence-electron chi connectivity index (χ1n) is 26.6. The van der Waals surface area contributed by atoms with Crippen LogP contribution >= 0.6 is 0 Å². The first kappa shape index (κ1) is 59.4. The maximum Gasteiger partial charge on any atom is 0.303 e. The van der Waals surface area contributed by atoms with Crippen LogP contribution in [0, 0.1) is 0 Å². The molecule has 3 aliphatic heterocycles. The van der Waals surface area contributed by atoms with Crippen LogP contribution in [0.3, 0.4) is 0 Å². The van der Waals surface area contributed by atoms with E-state index >= 15 is 0 Å². The molecule has 446 valence electrons. The van der Waals surface area contributed by atoms with Gasteiger partial charge >= 0.3 is 17.9 Å². The maximum absolute atomic E-state index is 14.0. The molecular weight excluding hydrogens is 1090 g/mol. The van der Waals surface area contributed by atoms with Crippen LogP contribution in [-0.2, 0) is 35.0 Å². The van der Waals surface area contributed by atoms with E-state index in [4.69, 9.17) is 85.3 Å². The van der Waals surface area contributed by atoms with Crippen molar-refractivity contribution in [2.45, 2.75) is 75.7 Å². The largest absolute Gasteiger partial charge is 0.497 e. The Morgan fingerprint density at radius 3 is 1.19 bits per heavy atom. The lowest BCUT2D eigenvalue weighted by atomic mass is 9.73. The van der Waals surface area contributed by atoms with E-state index in [1.807, 2.05) is 12.1 Å². The third-order valence-corrected chi connectivity index (χ3v) is 15.1. The van der Waals surface area contributed by atoms with E-state index in [2.05, 4.69) is 0 Å². The summed E-state index contributed by atoms with van der Waals surface area (Å²) in [6.07, 6.45) is -7.01. The van der Waals surface area contributed by atoms with E-state index in [1.54, 1.807) is 66.7 Å². The SMILES string of the molecule is COc1ccc2c(c1)O[C@H](c1cc(OC)c(OC)c(OC)c1)[C@@H](OC(C)=O)[C@H]2c1c(OC)c2c(c([C@@H]3c4ccc(OC)cc4O[C@H](c4cc(OC)c(OC)c(OC)c4)[C@H]3OC(C)=O)c1OC)O[C@H](c1ccc(OC)c(OC)c1)[C@@H](OC(C)=O)C2. The molecule has 9 rings (SSSR count). The summed E-state index contributed by atoms with van der Waals surface area (Å²) in [6.45, 7) is 3.90. The average Bonchev–Trinajstić information content (AvgIpc) is 0.824. The molecule has 3 heterocycles. The molecule has 0 aromatic heterocycles. The Morgan fingerprint density at radius 2 is 0.798 bits per heavy atom. The molecule has 0 fully saturated rings. The molecule has 0 saturated carbocycles. The van der Waals surface area contributed by atoms with Crippen LogP contribution in [0.2, 0.25) is 0 Å². The molecule has 8 atom stereocenters. The van der Waals surface area contributed by atoms with Gasteiger partial charge in [-0.3, -0.25) is 14.4 Å². The normalized spacial score (nSPS) is 20.0. The van der Waals surface area contributed by atoms with Crippen molar-refractivity contribution in [2.24, 2.45) is 0 Å². The van der Waals surface area contributed by atoms with Gasteiger partial charge in [0.05, 0.1) is 97.2 Å². The molecule has 0 aliphatic carbocycles. The van der Waals surface area contributed by atoms with Gasteiger partial charge in [0.1, 0.15) is 46.4 Å². The second-order valence-electron chi connectivity index (χ2n) is 19.6. The topological polar surface area (TPSA) is 217 Å². The number of hydrogen-bond acceptors (Lipinski definition) is 21.